The van der Waals surface area contributed by atoms with Gasteiger partial charge in [-0.25, -0.2) is 0 Å². The van der Waals surface area contributed by atoms with Gasteiger partial charge in [-0.3, -0.25) is 4.79 Å². The Kier molecular flexibility index (Phi) is 3.53. The molecule has 0 spiro atoms. The fourth-order valence-corrected chi connectivity index (χ4v) is 3.74. The van der Waals surface area contributed by atoms with E-state index in [0.717, 1.165) is 41.8 Å². The number of amides is 1. The molecule has 1 saturated heterocycles. The highest BCUT2D eigenvalue weighted by molar-refractivity contribution is 7.21. The van der Waals surface area contributed by atoms with Crippen molar-refractivity contribution in [3.8, 4) is 5.75 Å². The third-order valence-corrected chi connectivity index (χ3v) is 4.93. The smallest absolute Gasteiger partial charge is 0.266 e. The molecule has 4 nitrogen and oxygen atoms in total. The Morgan fingerprint density at radius 1 is 1.30 bits per heavy atom. The fourth-order valence-electron chi connectivity index (χ4n) is 2.62. The second kappa shape index (κ2) is 5.32. The molecule has 1 amide bonds. The van der Waals surface area contributed by atoms with Crippen molar-refractivity contribution in [1.82, 2.24) is 4.90 Å². The van der Waals surface area contributed by atoms with Gasteiger partial charge in [0.1, 0.15) is 10.6 Å². The number of piperidine rings is 1. The van der Waals surface area contributed by atoms with E-state index in [1.807, 2.05) is 23.1 Å². The van der Waals surface area contributed by atoms with E-state index in [9.17, 15) is 4.79 Å². The minimum Gasteiger partial charge on any atom is -0.497 e. The van der Waals surface area contributed by atoms with E-state index in [2.05, 4.69) is 0 Å². The minimum atomic E-state index is 0.0716. The number of anilines is 1. The molecule has 1 aliphatic rings. The number of thiophene rings is 1. The van der Waals surface area contributed by atoms with Crippen LogP contribution in [0.1, 0.15) is 28.9 Å². The van der Waals surface area contributed by atoms with Crippen LogP contribution in [-0.4, -0.2) is 31.0 Å². The fraction of sp³-hybridized carbons (Fsp3) is 0.400. The number of nitrogen functional groups attached to an aromatic ring is 1. The number of methoxy groups -OCH3 is 1. The highest BCUT2D eigenvalue weighted by atomic mass is 32.1. The lowest BCUT2D eigenvalue weighted by atomic mass is 10.1. The van der Waals surface area contributed by atoms with E-state index < -0.39 is 0 Å². The first-order valence-electron chi connectivity index (χ1n) is 6.86. The maximum absolute atomic E-state index is 12.6. The third-order valence-electron chi connectivity index (χ3n) is 3.77. The van der Waals surface area contributed by atoms with Crippen LogP contribution in [0.15, 0.2) is 18.2 Å². The minimum absolute atomic E-state index is 0.0716. The zero-order valence-corrected chi connectivity index (χ0v) is 12.3. The van der Waals surface area contributed by atoms with Crippen molar-refractivity contribution in [2.45, 2.75) is 19.3 Å². The second-order valence-corrected chi connectivity index (χ2v) is 6.11. The van der Waals surface area contributed by atoms with E-state index >= 15 is 0 Å². The topological polar surface area (TPSA) is 55.6 Å². The molecule has 0 radical (unpaired) electrons. The normalized spacial score (nSPS) is 15.6. The molecule has 1 fully saturated rings. The van der Waals surface area contributed by atoms with Crippen LogP contribution in [-0.2, 0) is 0 Å². The van der Waals surface area contributed by atoms with Gasteiger partial charge in [0.2, 0.25) is 0 Å². The molecule has 2 N–H and O–H groups in total. The van der Waals surface area contributed by atoms with Gasteiger partial charge in [-0.2, -0.15) is 0 Å². The van der Waals surface area contributed by atoms with Crippen molar-refractivity contribution in [2.75, 3.05) is 25.9 Å². The van der Waals surface area contributed by atoms with Crippen LogP contribution in [0.25, 0.3) is 10.1 Å². The van der Waals surface area contributed by atoms with Crippen LogP contribution in [0, 0.1) is 0 Å². The molecule has 1 aromatic carbocycles. The molecule has 0 aliphatic carbocycles. The largest absolute Gasteiger partial charge is 0.497 e. The molecular formula is C15H18N2O2S. The predicted molar refractivity (Wildman–Crippen MR) is 82.5 cm³/mol. The molecular weight excluding hydrogens is 272 g/mol. The van der Waals surface area contributed by atoms with Crippen molar-refractivity contribution in [3.05, 3.63) is 23.1 Å². The molecule has 3 rings (SSSR count). The summed E-state index contributed by atoms with van der Waals surface area (Å²) in [4.78, 5) is 15.2. The van der Waals surface area contributed by atoms with E-state index in [1.54, 1.807) is 7.11 Å². The summed E-state index contributed by atoms with van der Waals surface area (Å²) in [7, 11) is 1.64. The standard InChI is InChI=1S/C15H18N2O2S/c1-19-10-5-6-11-12(9-10)20-14(13(11)16)15(18)17-7-3-2-4-8-17/h5-6,9H,2-4,7-8,16H2,1H3. The summed E-state index contributed by atoms with van der Waals surface area (Å²) in [5.41, 5.74) is 6.76. The monoisotopic (exact) mass is 290 g/mol. The summed E-state index contributed by atoms with van der Waals surface area (Å²) in [6.45, 7) is 1.69. The molecule has 0 saturated carbocycles. The van der Waals surface area contributed by atoms with Gasteiger partial charge >= 0.3 is 0 Å². The Bertz CT molecular complexity index is 645. The molecule has 0 atom stereocenters. The SMILES string of the molecule is COc1ccc2c(N)c(C(=O)N3CCCCC3)sc2c1. The van der Waals surface area contributed by atoms with E-state index in [1.165, 1.54) is 17.8 Å². The van der Waals surface area contributed by atoms with E-state index in [4.69, 9.17) is 10.5 Å². The number of carbonyl (C=O) groups excluding carboxylic acids is 1. The summed E-state index contributed by atoms with van der Waals surface area (Å²) < 4.78 is 6.22. The van der Waals surface area contributed by atoms with Gasteiger partial charge in [-0.05, 0) is 37.5 Å². The Morgan fingerprint density at radius 3 is 2.75 bits per heavy atom. The van der Waals surface area contributed by atoms with Gasteiger partial charge in [0.05, 0.1) is 12.8 Å². The molecule has 5 heteroatoms. The summed E-state index contributed by atoms with van der Waals surface area (Å²) in [5.74, 6) is 0.859. The molecule has 2 heterocycles. The first kappa shape index (κ1) is 13.2. The number of fused-ring (bicyclic) bond motifs is 1. The number of ether oxygens (including phenoxy) is 1. The van der Waals surface area contributed by atoms with Crippen molar-refractivity contribution < 1.29 is 9.53 Å². The lowest BCUT2D eigenvalue weighted by Crippen LogP contribution is -2.35. The molecule has 0 bridgehead atoms. The Hall–Kier alpha value is -1.75. The Morgan fingerprint density at radius 2 is 2.05 bits per heavy atom. The number of benzene rings is 1. The summed E-state index contributed by atoms with van der Waals surface area (Å²) in [6, 6.07) is 5.73. The van der Waals surface area contributed by atoms with Gasteiger partial charge in [0.25, 0.3) is 5.91 Å². The van der Waals surface area contributed by atoms with E-state index in [0.29, 0.717) is 10.6 Å². The molecule has 1 aliphatic heterocycles. The van der Waals surface area contributed by atoms with E-state index in [-0.39, 0.29) is 5.91 Å². The van der Waals surface area contributed by atoms with Crippen molar-refractivity contribution in [3.63, 3.8) is 0 Å². The Labute approximate surface area is 122 Å². The van der Waals surface area contributed by atoms with Crippen LogP contribution in [0.3, 0.4) is 0 Å². The van der Waals surface area contributed by atoms with Crippen LogP contribution < -0.4 is 10.5 Å². The molecule has 2 aromatic rings. The summed E-state index contributed by atoms with van der Waals surface area (Å²) in [6.07, 6.45) is 3.39. The van der Waals surface area contributed by atoms with Gasteiger partial charge in [-0.15, -0.1) is 11.3 Å². The Balaban J connectivity index is 1.98. The maximum Gasteiger partial charge on any atom is 0.266 e. The number of nitrogens with zero attached hydrogens (tertiary/aromatic N) is 1. The van der Waals surface area contributed by atoms with Gasteiger partial charge < -0.3 is 15.4 Å². The molecule has 1 aromatic heterocycles. The number of carbonyl (C=O) groups is 1. The number of likely N-dealkylation sites (tertiary alicyclic amines) is 1. The number of hydrogen-bond acceptors (Lipinski definition) is 4. The molecule has 106 valence electrons. The first-order valence-corrected chi connectivity index (χ1v) is 7.67. The first-order chi connectivity index (χ1) is 9.70. The van der Waals surface area contributed by atoms with Crippen molar-refractivity contribution in [2.24, 2.45) is 0 Å². The average molecular weight is 290 g/mol. The van der Waals surface area contributed by atoms with Gasteiger partial charge in [0, 0.05) is 23.2 Å². The lowest BCUT2D eigenvalue weighted by molar-refractivity contribution is 0.0730. The van der Waals surface area contributed by atoms with Crippen LogP contribution in [0.4, 0.5) is 5.69 Å². The quantitative estimate of drug-likeness (QED) is 0.924. The lowest BCUT2D eigenvalue weighted by Gasteiger charge is -2.26. The van der Waals surface area contributed by atoms with Crippen LogP contribution in [0.2, 0.25) is 0 Å². The maximum atomic E-state index is 12.6. The predicted octanol–water partition coefficient (Wildman–Crippen LogP) is 3.12. The second-order valence-electron chi connectivity index (χ2n) is 5.06. The zero-order valence-electron chi connectivity index (χ0n) is 11.5. The van der Waals surface area contributed by atoms with Crippen LogP contribution >= 0.6 is 11.3 Å². The number of nitrogens with two attached hydrogens (primary N) is 1. The molecule has 20 heavy (non-hydrogen) atoms. The number of rotatable bonds is 2. The highest BCUT2D eigenvalue weighted by Crippen LogP contribution is 2.36. The highest BCUT2D eigenvalue weighted by Gasteiger charge is 2.23. The van der Waals surface area contributed by atoms with Gasteiger partial charge in [0.15, 0.2) is 0 Å². The van der Waals surface area contributed by atoms with Crippen LogP contribution in [0.5, 0.6) is 5.75 Å². The third kappa shape index (κ3) is 2.22. The number of hydrogen-bond donors (Lipinski definition) is 1. The summed E-state index contributed by atoms with van der Waals surface area (Å²) in [5, 5.41) is 0.941. The van der Waals surface area contributed by atoms with Crippen molar-refractivity contribution in [1.29, 1.82) is 0 Å². The van der Waals surface area contributed by atoms with Crippen molar-refractivity contribution >= 4 is 33.0 Å². The summed E-state index contributed by atoms with van der Waals surface area (Å²) >= 11 is 1.46. The zero-order chi connectivity index (χ0) is 14.1. The van der Waals surface area contributed by atoms with Gasteiger partial charge in [-0.1, -0.05) is 0 Å². The average Bonchev–Trinajstić information content (AvgIpc) is 2.84. The molecule has 0 unspecified atom stereocenters.